The summed E-state index contributed by atoms with van der Waals surface area (Å²) in [5.74, 6) is -0.629. The molecule has 2 heterocycles. The third-order valence-electron chi connectivity index (χ3n) is 3.03. The number of urea groups is 1. The summed E-state index contributed by atoms with van der Waals surface area (Å²) in [6, 6.07) is 0.617. The second kappa shape index (κ2) is 6.57. The van der Waals surface area contributed by atoms with E-state index in [1.807, 2.05) is 0 Å². The molecule has 9 heteroatoms. The van der Waals surface area contributed by atoms with Crippen LogP contribution in [-0.4, -0.2) is 53.2 Å². The Bertz CT molecular complexity index is 553. The number of imide groups is 1. The molecule has 1 aromatic heterocycles. The number of rotatable bonds is 2. The molecule has 1 aliphatic heterocycles. The molecule has 0 atom stereocenters. The van der Waals surface area contributed by atoms with Crippen molar-refractivity contribution < 1.29 is 14.3 Å². The Morgan fingerprint density at radius 2 is 2.00 bits per heavy atom. The summed E-state index contributed by atoms with van der Waals surface area (Å²) in [5.41, 5.74) is 5.95. The van der Waals surface area contributed by atoms with Crippen LogP contribution < -0.4 is 5.73 Å². The quantitative estimate of drug-likeness (QED) is 0.828. The summed E-state index contributed by atoms with van der Waals surface area (Å²) in [4.78, 5) is 28.1. The van der Waals surface area contributed by atoms with Crippen molar-refractivity contribution >= 4 is 35.1 Å². The maximum atomic E-state index is 12.6. The van der Waals surface area contributed by atoms with Crippen molar-refractivity contribution in [2.45, 2.75) is 6.92 Å². The number of ether oxygens (including phenoxy) is 1. The zero-order valence-corrected chi connectivity index (χ0v) is 12.8. The lowest BCUT2D eigenvalue weighted by atomic mass is 10.1. The summed E-state index contributed by atoms with van der Waals surface area (Å²) < 4.78 is 5.19. The average Bonchev–Trinajstić information content (AvgIpc) is 2.38. The molecule has 21 heavy (non-hydrogen) atoms. The van der Waals surface area contributed by atoms with Gasteiger partial charge in [0.15, 0.2) is 0 Å². The van der Waals surface area contributed by atoms with Crippen LogP contribution in [0.2, 0.25) is 10.3 Å². The largest absolute Gasteiger partial charge is 0.379 e. The van der Waals surface area contributed by atoms with Gasteiger partial charge >= 0.3 is 6.03 Å². The number of hydrazine groups is 1. The van der Waals surface area contributed by atoms with Gasteiger partial charge in [0.2, 0.25) is 0 Å². The molecule has 114 valence electrons. The summed E-state index contributed by atoms with van der Waals surface area (Å²) in [6.45, 7) is 3.23. The lowest BCUT2D eigenvalue weighted by Gasteiger charge is -2.34. The van der Waals surface area contributed by atoms with Crippen molar-refractivity contribution in [1.82, 2.24) is 15.0 Å². The predicted molar refractivity (Wildman–Crippen MR) is 77.1 cm³/mol. The van der Waals surface area contributed by atoms with E-state index < -0.39 is 11.9 Å². The first-order valence-electron chi connectivity index (χ1n) is 6.21. The number of primary amides is 1. The number of nitrogens with zero attached hydrogens (tertiary/aromatic N) is 3. The van der Waals surface area contributed by atoms with Crippen LogP contribution in [0.1, 0.15) is 15.9 Å². The normalized spacial score (nSPS) is 15.8. The van der Waals surface area contributed by atoms with E-state index in [-0.39, 0.29) is 15.9 Å². The van der Waals surface area contributed by atoms with Gasteiger partial charge in [0.05, 0.1) is 18.8 Å². The molecule has 1 aliphatic rings. The maximum absolute atomic E-state index is 12.6. The fourth-order valence-corrected chi connectivity index (χ4v) is 2.69. The first kappa shape index (κ1) is 16.0. The number of aromatic nitrogens is 1. The highest BCUT2D eigenvalue weighted by atomic mass is 35.5. The van der Waals surface area contributed by atoms with Gasteiger partial charge in [-0.15, -0.1) is 0 Å². The molecule has 0 aliphatic carbocycles. The Balaban J connectivity index is 2.37. The number of carbonyl (C=O) groups excluding carboxylic acids is 2. The molecule has 2 N–H and O–H groups in total. The fraction of sp³-hybridized carbons (Fsp3) is 0.417. The second-order valence-corrected chi connectivity index (χ2v) is 5.19. The second-order valence-electron chi connectivity index (χ2n) is 4.45. The highest BCUT2D eigenvalue weighted by Gasteiger charge is 2.31. The van der Waals surface area contributed by atoms with Crippen molar-refractivity contribution in [3.63, 3.8) is 0 Å². The number of hydrogen-bond acceptors (Lipinski definition) is 5. The van der Waals surface area contributed by atoms with E-state index in [9.17, 15) is 9.59 Å². The molecule has 1 saturated heterocycles. The number of carbonyl (C=O) groups is 2. The molecular formula is C12H14Cl2N4O3. The van der Waals surface area contributed by atoms with E-state index in [4.69, 9.17) is 33.7 Å². The molecule has 0 aromatic carbocycles. The molecular weight excluding hydrogens is 319 g/mol. The molecule has 0 spiro atoms. The lowest BCUT2D eigenvalue weighted by Crippen LogP contribution is -2.56. The van der Waals surface area contributed by atoms with Crippen molar-refractivity contribution in [2.24, 2.45) is 5.73 Å². The van der Waals surface area contributed by atoms with Gasteiger partial charge in [-0.25, -0.2) is 14.8 Å². The molecule has 0 radical (unpaired) electrons. The van der Waals surface area contributed by atoms with Crippen LogP contribution in [0.15, 0.2) is 6.07 Å². The van der Waals surface area contributed by atoms with Crippen LogP contribution in [0.5, 0.6) is 0 Å². The van der Waals surface area contributed by atoms with Crippen LogP contribution in [0, 0.1) is 6.92 Å². The average molecular weight is 333 g/mol. The van der Waals surface area contributed by atoms with Gasteiger partial charge in [-0.3, -0.25) is 4.79 Å². The number of morpholine rings is 1. The van der Waals surface area contributed by atoms with Gasteiger partial charge in [-0.05, 0) is 18.6 Å². The molecule has 0 saturated carbocycles. The zero-order valence-electron chi connectivity index (χ0n) is 11.3. The van der Waals surface area contributed by atoms with Crippen LogP contribution in [0.3, 0.4) is 0 Å². The Kier molecular flexibility index (Phi) is 5.00. The number of pyridine rings is 1. The first-order chi connectivity index (χ1) is 9.91. The van der Waals surface area contributed by atoms with E-state index in [2.05, 4.69) is 4.98 Å². The Hall–Kier alpha value is -1.41. The van der Waals surface area contributed by atoms with Gasteiger partial charge in [0, 0.05) is 13.1 Å². The molecule has 0 unspecified atom stereocenters. The number of halogens is 2. The number of aryl methyl sites for hydroxylation is 1. The number of amides is 3. The molecule has 1 aromatic rings. The SMILES string of the molecule is Cc1cc(Cl)nc(Cl)c1C(=O)N(C(N)=O)N1CCOCC1. The van der Waals surface area contributed by atoms with Crippen molar-refractivity contribution in [2.75, 3.05) is 26.3 Å². The molecule has 2 rings (SSSR count). The summed E-state index contributed by atoms with van der Waals surface area (Å²) >= 11 is 11.8. The van der Waals surface area contributed by atoms with Crippen molar-refractivity contribution in [1.29, 1.82) is 0 Å². The van der Waals surface area contributed by atoms with Crippen molar-refractivity contribution in [3.05, 3.63) is 27.5 Å². The van der Waals surface area contributed by atoms with Crippen LogP contribution in [-0.2, 0) is 4.74 Å². The van der Waals surface area contributed by atoms with Crippen LogP contribution in [0.4, 0.5) is 4.79 Å². The zero-order chi connectivity index (χ0) is 15.6. The van der Waals surface area contributed by atoms with Crippen LogP contribution >= 0.6 is 23.2 Å². The molecule has 7 nitrogen and oxygen atoms in total. The predicted octanol–water partition coefficient (Wildman–Crippen LogP) is 1.46. The van der Waals surface area contributed by atoms with Crippen LogP contribution in [0.25, 0.3) is 0 Å². The highest BCUT2D eigenvalue weighted by molar-refractivity contribution is 6.35. The summed E-state index contributed by atoms with van der Waals surface area (Å²) in [6.07, 6.45) is 0. The number of hydrogen-bond donors (Lipinski definition) is 1. The van der Waals surface area contributed by atoms with E-state index >= 15 is 0 Å². The molecule has 3 amide bonds. The summed E-state index contributed by atoms with van der Waals surface area (Å²) in [7, 11) is 0. The Morgan fingerprint density at radius 1 is 1.38 bits per heavy atom. The van der Waals surface area contributed by atoms with Gasteiger partial charge in [-0.2, -0.15) is 5.01 Å². The highest BCUT2D eigenvalue weighted by Crippen LogP contribution is 2.23. The minimum atomic E-state index is -0.882. The fourth-order valence-electron chi connectivity index (χ4n) is 2.08. The van der Waals surface area contributed by atoms with E-state index in [1.165, 1.54) is 11.1 Å². The smallest absolute Gasteiger partial charge is 0.336 e. The monoisotopic (exact) mass is 332 g/mol. The van der Waals surface area contributed by atoms with Gasteiger partial charge < -0.3 is 10.5 Å². The van der Waals surface area contributed by atoms with E-state index in [1.54, 1.807) is 6.92 Å². The minimum absolute atomic E-state index is 0.0653. The summed E-state index contributed by atoms with van der Waals surface area (Å²) in [5, 5.41) is 2.50. The molecule has 0 bridgehead atoms. The number of nitrogens with two attached hydrogens (primary N) is 1. The third-order valence-corrected chi connectivity index (χ3v) is 3.49. The Morgan fingerprint density at radius 3 is 2.52 bits per heavy atom. The van der Waals surface area contributed by atoms with Gasteiger partial charge in [0.1, 0.15) is 10.3 Å². The third kappa shape index (κ3) is 3.44. The Labute approximate surface area is 131 Å². The van der Waals surface area contributed by atoms with E-state index in [0.717, 1.165) is 5.01 Å². The molecule has 1 fully saturated rings. The topological polar surface area (TPSA) is 88.8 Å². The maximum Gasteiger partial charge on any atom is 0.336 e. The standard InChI is InChI=1S/C12H14Cl2N4O3/c1-7-6-8(13)16-10(14)9(7)11(19)18(12(15)20)17-2-4-21-5-3-17/h6H,2-5H2,1H3,(H2,15,20). The minimum Gasteiger partial charge on any atom is -0.379 e. The van der Waals surface area contributed by atoms with Crippen molar-refractivity contribution in [3.8, 4) is 0 Å². The van der Waals surface area contributed by atoms with Gasteiger partial charge in [-0.1, -0.05) is 23.2 Å². The lowest BCUT2D eigenvalue weighted by molar-refractivity contribution is -0.0469. The first-order valence-corrected chi connectivity index (χ1v) is 6.96. The van der Waals surface area contributed by atoms with Gasteiger partial charge in [0.25, 0.3) is 5.91 Å². The van der Waals surface area contributed by atoms with E-state index in [0.29, 0.717) is 31.9 Å².